The molecule has 1 unspecified atom stereocenters. The van der Waals surface area contributed by atoms with Gasteiger partial charge in [0.25, 0.3) is 0 Å². The molecule has 1 fully saturated rings. The Labute approximate surface area is 123 Å². The number of para-hydroxylation sites is 1. The predicted octanol–water partition coefficient (Wildman–Crippen LogP) is 5.06. The minimum absolute atomic E-state index is 0.209. The van der Waals surface area contributed by atoms with Crippen molar-refractivity contribution in [3.8, 4) is 0 Å². The van der Waals surface area contributed by atoms with E-state index in [1.807, 2.05) is 13.0 Å². The first-order valence-corrected chi connectivity index (χ1v) is 7.79. The van der Waals surface area contributed by atoms with E-state index < -0.39 is 0 Å². The number of halogens is 2. The Morgan fingerprint density at radius 2 is 2.20 bits per heavy atom. The zero-order valence-corrected chi connectivity index (χ0v) is 12.8. The summed E-state index contributed by atoms with van der Waals surface area (Å²) in [6.45, 7) is 5.03. The third-order valence-corrected chi connectivity index (χ3v) is 4.54. The van der Waals surface area contributed by atoms with E-state index in [1.165, 1.54) is 31.7 Å². The Morgan fingerprint density at radius 1 is 1.45 bits per heavy atom. The Hall–Kier alpha value is -1.09. The average Bonchev–Trinajstić information content (AvgIpc) is 3.04. The summed E-state index contributed by atoms with van der Waals surface area (Å²) in [5.74, 6) is 0.522. The molecule has 1 aliphatic carbocycles. The van der Waals surface area contributed by atoms with Crippen molar-refractivity contribution >= 4 is 22.6 Å². The average molecular weight is 295 g/mol. The first kappa shape index (κ1) is 13.9. The first-order chi connectivity index (χ1) is 9.56. The molecule has 20 heavy (non-hydrogen) atoms. The molecule has 0 N–H and O–H groups in total. The molecule has 4 heteroatoms. The van der Waals surface area contributed by atoms with E-state index in [0.717, 1.165) is 17.9 Å². The maximum atomic E-state index is 13.9. The Balaban J connectivity index is 2.08. The lowest BCUT2D eigenvalue weighted by Crippen LogP contribution is -2.14. The molecule has 0 spiro atoms. The van der Waals surface area contributed by atoms with Crippen LogP contribution in [0.25, 0.3) is 11.0 Å². The fraction of sp³-hybridized carbons (Fsp3) is 0.562. The highest BCUT2D eigenvalue weighted by atomic mass is 35.5. The van der Waals surface area contributed by atoms with Gasteiger partial charge in [0, 0.05) is 6.54 Å². The number of nitrogens with zero attached hydrogens (tertiary/aromatic N) is 2. The molecule has 1 heterocycles. The summed E-state index contributed by atoms with van der Waals surface area (Å²) in [6, 6.07) is 5.15. The summed E-state index contributed by atoms with van der Waals surface area (Å²) in [5, 5.41) is -0.209. The number of imidazole rings is 1. The van der Waals surface area contributed by atoms with Gasteiger partial charge in [0.1, 0.15) is 11.3 Å². The molecule has 0 saturated heterocycles. The van der Waals surface area contributed by atoms with Crippen LogP contribution < -0.4 is 0 Å². The lowest BCUT2D eigenvalue weighted by atomic mass is 10.0. The van der Waals surface area contributed by atoms with Crippen LogP contribution in [0.15, 0.2) is 18.2 Å². The van der Waals surface area contributed by atoms with Crippen molar-refractivity contribution in [2.24, 2.45) is 5.41 Å². The summed E-state index contributed by atoms with van der Waals surface area (Å²) >= 11 is 6.25. The molecule has 1 saturated carbocycles. The number of aromatic nitrogens is 2. The number of benzene rings is 1. The van der Waals surface area contributed by atoms with Crippen LogP contribution in [0.4, 0.5) is 4.39 Å². The monoisotopic (exact) mass is 294 g/mol. The highest BCUT2D eigenvalue weighted by molar-refractivity contribution is 6.20. The van der Waals surface area contributed by atoms with Crippen LogP contribution in [-0.4, -0.2) is 9.55 Å². The summed E-state index contributed by atoms with van der Waals surface area (Å²) in [4.78, 5) is 4.44. The normalized spacial score (nSPS) is 18.4. The molecule has 2 nitrogen and oxygen atoms in total. The Kier molecular flexibility index (Phi) is 3.49. The first-order valence-electron chi connectivity index (χ1n) is 7.35. The molecule has 2 aromatic rings. The van der Waals surface area contributed by atoms with Gasteiger partial charge in [-0.1, -0.05) is 19.4 Å². The van der Waals surface area contributed by atoms with Gasteiger partial charge in [-0.2, -0.15) is 0 Å². The molecule has 1 aromatic heterocycles. The highest BCUT2D eigenvalue weighted by Crippen LogP contribution is 2.51. The van der Waals surface area contributed by atoms with E-state index in [0.29, 0.717) is 10.9 Å². The zero-order chi connectivity index (χ0) is 14.3. The van der Waals surface area contributed by atoms with Gasteiger partial charge in [-0.05, 0) is 43.7 Å². The van der Waals surface area contributed by atoms with Crippen molar-refractivity contribution in [1.82, 2.24) is 9.55 Å². The quantitative estimate of drug-likeness (QED) is 0.705. The van der Waals surface area contributed by atoms with Crippen LogP contribution in [0, 0.1) is 11.2 Å². The molecule has 1 aromatic carbocycles. The maximum absolute atomic E-state index is 13.9. The van der Waals surface area contributed by atoms with E-state index in [-0.39, 0.29) is 11.2 Å². The van der Waals surface area contributed by atoms with Gasteiger partial charge in [0.2, 0.25) is 0 Å². The molecule has 3 rings (SSSR count). The summed E-state index contributed by atoms with van der Waals surface area (Å²) < 4.78 is 16.1. The van der Waals surface area contributed by atoms with Crippen molar-refractivity contribution in [2.45, 2.75) is 51.5 Å². The van der Waals surface area contributed by atoms with Crippen molar-refractivity contribution in [1.29, 1.82) is 0 Å². The lowest BCUT2D eigenvalue weighted by molar-refractivity contribution is 0.387. The predicted molar refractivity (Wildman–Crippen MR) is 80.5 cm³/mol. The number of hydrogen-bond donors (Lipinski definition) is 0. The fourth-order valence-corrected chi connectivity index (χ4v) is 3.30. The number of alkyl halides is 1. The summed E-state index contributed by atoms with van der Waals surface area (Å²) in [6.07, 6.45) is 4.92. The van der Waals surface area contributed by atoms with Crippen LogP contribution in [0.1, 0.15) is 50.7 Å². The molecule has 0 radical (unpaired) electrons. The topological polar surface area (TPSA) is 17.8 Å². The van der Waals surface area contributed by atoms with Gasteiger partial charge in [-0.15, -0.1) is 11.6 Å². The van der Waals surface area contributed by atoms with Crippen LogP contribution in [0.2, 0.25) is 0 Å². The Morgan fingerprint density at radius 3 is 2.80 bits per heavy atom. The van der Waals surface area contributed by atoms with Crippen molar-refractivity contribution in [3.05, 3.63) is 29.8 Å². The van der Waals surface area contributed by atoms with Crippen LogP contribution in [0.5, 0.6) is 0 Å². The second-order valence-electron chi connectivity index (χ2n) is 6.03. The second-order valence-corrected chi connectivity index (χ2v) is 6.68. The highest BCUT2D eigenvalue weighted by Gasteiger charge is 2.42. The van der Waals surface area contributed by atoms with Gasteiger partial charge in [0.05, 0.1) is 10.9 Å². The van der Waals surface area contributed by atoms with Crippen LogP contribution >= 0.6 is 11.6 Å². The van der Waals surface area contributed by atoms with Gasteiger partial charge in [0.15, 0.2) is 5.82 Å². The molecule has 0 bridgehead atoms. The molecule has 1 atom stereocenters. The standard InChI is InChI=1S/C16H20ClFN2/c1-3-7-16(8-9-16)10-20-13-6-4-5-12(18)14(13)19-15(20)11(2)17/h4-6,11H,3,7-10H2,1-2H3. The minimum atomic E-state index is -0.264. The molecule has 0 amide bonds. The second kappa shape index (κ2) is 5.03. The van der Waals surface area contributed by atoms with E-state index >= 15 is 0 Å². The van der Waals surface area contributed by atoms with Gasteiger partial charge in [-0.3, -0.25) is 0 Å². The lowest BCUT2D eigenvalue weighted by Gasteiger charge is -2.18. The number of rotatable bonds is 5. The van der Waals surface area contributed by atoms with Crippen LogP contribution in [-0.2, 0) is 6.54 Å². The largest absolute Gasteiger partial charge is 0.326 e. The summed E-state index contributed by atoms with van der Waals surface area (Å²) in [7, 11) is 0. The number of hydrogen-bond acceptors (Lipinski definition) is 1. The molecule has 0 aliphatic heterocycles. The number of fused-ring (bicyclic) bond motifs is 1. The van der Waals surface area contributed by atoms with E-state index in [1.54, 1.807) is 6.07 Å². The summed E-state index contributed by atoms with van der Waals surface area (Å²) in [5.41, 5.74) is 1.70. The van der Waals surface area contributed by atoms with Crippen molar-refractivity contribution in [2.75, 3.05) is 0 Å². The third-order valence-electron chi connectivity index (χ3n) is 4.35. The SMILES string of the molecule is CCCC1(Cn2c(C(C)Cl)nc3c(F)cccc32)CC1. The molecular weight excluding hydrogens is 275 g/mol. The van der Waals surface area contributed by atoms with Crippen LogP contribution in [0.3, 0.4) is 0 Å². The zero-order valence-electron chi connectivity index (χ0n) is 12.0. The maximum Gasteiger partial charge on any atom is 0.151 e. The van der Waals surface area contributed by atoms with Crippen molar-refractivity contribution < 1.29 is 4.39 Å². The molecule has 1 aliphatic rings. The van der Waals surface area contributed by atoms with E-state index in [4.69, 9.17) is 11.6 Å². The minimum Gasteiger partial charge on any atom is -0.326 e. The van der Waals surface area contributed by atoms with Gasteiger partial charge < -0.3 is 4.57 Å². The molecule has 108 valence electrons. The van der Waals surface area contributed by atoms with E-state index in [2.05, 4.69) is 16.5 Å². The third kappa shape index (κ3) is 2.32. The van der Waals surface area contributed by atoms with Crippen molar-refractivity contribution in [3.63, 3.8) is 0 Å². The van der Waals surface area contributed by atoms with E-state index in [9.17, 15) is 4.39 Å². The molecular formula is C16H20ClFN2. The smallest absolute Gasteiger partial charge is 0.151 e. The Bertz CT molecular complexity index is 629. The van der Waals surface area contributed by atoms with Gasteiger partial charge >= 0.3 is 0 Å². The van der Waals surface area contributed by atoms with Gasteiger partial charge in [-0.25, -0.2) is 9.37 Å². The fourth-order valence-electron chi connectivity index (χ4n) is 3.13.